The number of rotatable bonds is 5. The molecule has 1 heterocycles. The maximum Gasteiger partial charge on any atom is 0.313 e. The van der Waals surface area contributed by atoms with Gasteiger partial charge in [0.05, 0.1) is 13.2 Å². The zero-order valence-corrected chi connectivity index (χ0v) is 14.4. The number of benzene rings is 2. The van der Waals surface area contributed by atoms with E-state index in [1.807, 2.05) is 25.1 Å². The molecule has 0 aromatic heterocycles. The van der Waals surface area contributed by atoms with E-state index in [4.69, 9.17) is 14.2 Å². The van der Waals surface area contributed by atoms with Gasteiger partial charge >= 0.3 is 11.8 Å². The van der Waals surface area contributed by atoms with Gasteiger partial charge in [-0.3, -0.25) is 9.59 Å². The molecule has 2 amide bonds. The lowest BCUT2D eigenvalue weighted by atomic mass is 10.2. The van der Waals surface area contributed by atoms with Gasteiger partial charge in [-0.05, 0) is 43.3 Å². The largest absolute Gasteiger partial charge is 0.494 e. The van der Waals surface area contributed by atoms with Gasteiger partial charge in [-0.1, -0.05) is 12.1 Å². The molecular weight excluding hydrogens is 336 g/mol. The van der Waals surface area contributed by atoms with Gasteiger partial charge in [0.25, 0.3) is 0 Å². The second-order valence-electron chi connectivity index (χ2n) is 5.62. The number of para-hydroxylation sites is 2. The minimum absolute atomic E-state index is 0.171. The highest BCUT2D eigenvalue weighted by molar-refractivity contribution is 6.39. The van der Waals surface area contributed by atoms with Crippen LogP contribution in [-0.2, 0) is 9.59 Å². The van der Waals surface area contributed by atoms with Crippen molar-refractivity contribution < 1.29 is 23.8 Å². The molecule has 7 heteroatoms. The van der Waals surface area contributed by atoms with Gasteiger partial charge in [0.15, 0.2) is 11.5 Å². The first-order valence-electron chi connectivity index (χ1n) is 8.36. The fourth-order valence-corrected chi connectivity index (χ4v) is 2.44. The van der Waals surface area contributed by atoms with Crippen LogP contribution in [0.2, 0.25) is 0 Å². The predicted molar refractivity (Wildman–Crippen MR) is 95.6 cm³/mol. The molecule has 0 fully saturated rings. The zero-order valence-electron chi connectivity index (χ0n) is 14.4. The third kappa shape index (κ3) is 4.44. The normalized spacial score (nSPS) is 15.0. The first kappa shape index (κ1) is 17.6. The molecule has 3 rings (SSSR count). The lowest BCUT2D eigenvalue weighted by molar-refractivity contribution is -0.136. The summed E-state index contributed by atoms with van der Waals surface area (Å²) in [6.45, 7) is 2.92. The van der Waals surface area contributed by atoms with Crippen LogP contribution in [0, 0.1) is 0 Å². The van der Waals surface area contributed by atoms with Gasteiger partial charge in [0.2, 0.25) is 0 Å². The van der Waals surface area contributed by atoms with Crippen LogP contribution in [0.3, 0.4) is 0 Å². The van der Waals surface area contributed by atoms with E-state index in [0.29, 0.717) is 36.1 Å². The smallest absolute Gasteiger partial charge is 0.313 e. The number of hydrogen-bond donors (Lipinski definition) is 2. The summed E-state index contributed by atoms with van der Waals surface area (Å²) in [7, 11) is 0. The predicted octanol–water partition coefficient (Wildman–Crippen LogP) is 1.98. The van der Waals surface area contributed by atoms with Crippen molar-refractivity contribution in [1.29, 1.82) is 0 Å². The van der Waals surface area contributed by atoms with E-state index in [2.05, 4.69) is 10.6 Å². The highest BCUT2D eigenvalue weighted by Gasteiger charge is 2.22. The second kappa shape index (κ2) is 8.24. The maximum atomic E-state index is 12.0. The van der Waals surface area contributed by atoms with E-state index in [0.717, 1.165) is 0 Å². The second-order valence-corrected chi connectivity index (χ2v) is 5.62. The molecule has 7 nitrogen and oxygen atoms in total. The van der Waals surface area contributed by atoms with Crippen LogP contribution >= 0.6 is 0 Å². The lowest BCUT2D eigenvalue weighted by Gasteiger charge is -2.26. The number of anilines is 1. The number of ether oxygens (including phenoxy) is 3. The monoisotopic (exact) mass is 356 g/mol. The van der Waals surface area contributed by atoms with Crippen LogP contribution in [0.25, 0.3) is 0 Å². The van der Waals surface area contributed by atoms with Gasteiger partial charge < -0.3 is 24.8 Å². The first-order valence-corrected chi connectivity index (χ1v) is 8.36. The summed E-state index contributed by atoms with van der Waals surface area (Å²) in [5.41, 5.74) is 0.514. The number of carbonyl (C=O) groups is 2. The van der Waals surface area contributed by atoms with E-state index in [9.17, 15) is 9.59 Å². The summed E-state index contributed by atoms with van der Waals surface area (Å²) in [5, 5.41) is 5.09. The Morgan fingerprint density at radius 1 is 1.08 bits per heavy atom. The molecule has 0 spiro atoms. The maximum absolute atomic E-state index is 12.0. The van der Waals surface area contributed by atoms with Crippen molar-refractivity contribution in [1.82, 2.24) is 5.32 Å². The Hall–Kier alpha value is -3.22. The Bertz CT molecular complexity index is 776. The van der Waals surface area contributed by atoms with E-state index >= 15 is 0 Å². The molecule has 136 valence electrons. The Morgan fingerprint density at radius 2 is 1.81 bits per heavy atom. The number of hydrogen-bond acceptors (Lipinski definition) is 5. The average Bonchev–Trinajstić information content (AvgIpc) is 2.67. The van der Waals surface area contributed by atoms with Gasteiger partial charge in [-0.2, -0.15) is 0 Å². The number of nitrogens with one attached hydrogen (secondary N) is 2. The van der Waals surface area contributed by atoms with E-state index in [1.54, 1.807) is 30.3 Å². The third-order valence-electron chi connectivity index (χ3n) is 3.69. The van der Waals surface area contributed by atoms with E-state index in [-0.39, 0.29) is 12.6 Å². The molecule has 1 aliphatic rings. The van der Waals surface area contributed by atoms with Crippen LogP contribution in [0.1, 0.15) is 6.92 Å². The van der Waals surface area contributed by atoms with Gasteiger partial charge in [-0.15, -0.1) is 0 Å². The minimum Gasteiger partial charge on any atom is -0.494 e. The summed E-state index contributed by atoms with van der Waals surface area (Å²) in [6, 6.07) is 14.1. The summed E-state index contributed by atoms with van der Waals surface area (Å²) in [6.07, 6.45) is -0.355. The molecule has 26 heavy (non-hydrogen) atoms. The summed E-state index contributed by atoms with van der Waals surface area (Å²) in [4.78, 5) is 23.9. The van der Waals surface area contributed by atoms with Crippen molar-refractivity contribution in [2.24, 2.45) is 0 Å². The molecule has 0 saturated carbocycles. The Morgan fingerprint density at radius 3 is 2.54 bits per heavy atom. The fraction of sp³-hybridized carbons (Fsp3) is 0.263. The quantitative estimate of drug-likeness (QED) is 0.800. The zero-order chi connectivity index (χ0) is 18.4. The third-order valence-corrected chi connectivity index (χ3v) is 3.69. The molecule has 1 unspecified atom stereocenters. The Balaban J connectivity index is 1.46. The molecule has 1 aliphatic heterocycles. The van der Waals surface area contributed by atoms with Crippen LogP contribution in [0.5, 0.6) is 17.2 Å². The standard InChI is InChI=1S/C19H20N2O5/c1-2-24-14-9-7-13(8-10-14)21-19(23)18(22)20-11-15-12-25-16-5-3-4-6-17(16)26-15/h3-10,15H,2,11-12H2,1H3,(H,20,22)(H,21,23). The molecule has 2 N–H and O–H groups in total. The summed E-state index contributed by atoms with van der Waals surface area (Å²) < 4.78 is 16.6. The molecule has 0 saturated heterocycles. The van der Waals surface area contributed by atoms with Crippen molar-refractivity contribution in [3.63, 3.8) is 0 Å². The molecular formula is C19H20N2O5. The topological polar surface area (TPSA) is 85.9 Å². The lowest BCUT2D eigenvalue weighted by Crippen LogP contribution is -2.44. The van der Waals surface area contributed by atoms with Crippen molar-refractivity contribution >= 4 is 17.5 Å². The SMILES string of the molecule is CCOc1ccc(NC(=O)C(=O)NCC2COc3ccccc3O2)cc1. The summed E-state index contributed by atoms with van der Waals surface area (Å²) >= 11 is 0. The highest BCUT2D eigenvalue weighted by atomic mass is 16.6. The first-order chi connectivity index (χ1) is 12.7. The molecule has 0 aliphatic carbocycles. The number of fused-ring (bicyclic) bond motifs is 1. The van der Waals surface area contributed by atoms with Crippen LogP contribution < -0.4 is 24.8 Å². The Kier molecular flexibility index (Phi) is 5.58. The van der Waals surface area contributed by atoms with E-state index < -0.39 is 11.8 Å². The average molecular weight is 356 g/mol. The highest BCUT2D eigenvalue weighted by Crippen LogP contribution is 2.30. The van der Waals surface area contributed by atoms with Crippen LogP contribution in [-0.4, -0.2) is 37.7 Å². The molecule has 0 radical (unpaired) electrons. The molecule has 2 aromatic carbocycles. The number of amides is 2. The van der Waals surface area contributed by atoms with Crippen molar-refractivity contribution in [3.05, 3.63) is 48.5 Å². The van der Waals surface area contributed by atoms with Gasteiger partial charge in [-0.25, -0.2) is 0 Å². The summed E-state index contributed by atoms with van der Waals surface area (Å²) in [5.74, 6) is 0.512. The number of carbonyl (C=O) groups excluding carboxylic acids is 2. The van der Waals surface area contributed by atoms with Crippen molar-refractivity contribution in [3.8, 4) is 17.2 Å². The molecule has 2 aromatic rings. The van der Waals surface area contributed by atoms with Crippen molar-refractivity contribution in [2.75, 3.05) is 25.1 Å². The Labute approximate surface area is 151 Å². The molecule has 1 atom stereocenters. The van der Waals surface area contributed by atoms with Crippen molar-refractivity contribution in [2.45, 2.75) is 13.0 Å². The molecule has 0 bridgehead atoms. The minimum atomic E-state index is -0.744. The van der Waals surface area contributed by atoms with Crippen LogP contribution in [0.15, 0.2) is 48.5 Å². The fourth-order valence-electron chi connectivity index (χ4n) is 2.44. The van der Waals surface area contributed by atoms with Gasteiger partial charge in [0, 0.05) is 5.69 Å². The van der Waals surface area contributed by atoms with E-state index in [1.165, 1.54) is 0 Å². The van der Waals surface area contributed by atoms with Gasteiger partial charge in [0.1, 0.15) is 18.5 Å². The van der Waals surface area contributed by atoms with Crippen LogP contribution in [0.4, 0.5) is 5.69 Å².